The van der Waals surface area contributed by atoms with Gasteiger partial charge in [0.2, 0.25) is 0 Å². The fraction of sp³-hybridized carbons (Fsp3) is 0.533. The van der Waals surface area contributed by atoms with Crippen molar-refractivity contribution in [2.45, 2.75) is 99.0 Å². The van der Waals surface area contributed by atoms with E-state index in [1.165, 1.54) is 33.6 Å². The van der Waals surface area contributed by atoms with Gasteiger partial charge in [-0.15, -0.1) is 0 Å². The van der Waals surface area contributed by atoms with Crippen LogP contribution in [0.25, 0.3) is 0 Å². The lowest BCUT2D eigenvalue weighted by atomic mass is 9.90. The minimum atomic E-state index is 0.447. The Balaban J connectivity index is 2.22. The highest BCUT2D eigenvalue weighted by Crippen LogP contribution is 2.45. The molecule has 0 aliphatic carbocycles. The zero-order valence-electron chi connectivity index (χ0n) is 22.1. The maximum atomic E-state index is 2.55. The average Bonchev–Trinajstić information content (AvgIpc) is 3.18. The Labute approximate surface area is 197 Å². The van der Waals surface area contributed by atoms with Crippen molar-refractivity contribution in [3.05, 3.63) is 71.1 Å². The van der Waals surface area contributed by atoms with Gasteiger partial charge in [-0.3, -0.25) is 4.90 Å². The molecule has 2 nitrogen and oxygen atoms in total. The van der Waals surface area contributed by atoms with Gasteiger partial charge in [0.15, 0.2) is 6.67 Å². The summed E-state index contributed by atoms with van der Waals surface area (Å²) >= 11 is 0. The monoisotopic (exact) mass is 433 g/mol. The molecule has 0 N–H and O–H groups in total. The SMILES string of the molecule is CC(C)c1cccc(C(C)C)c1N1C=C[N+](c2c(C(C)C)cccc2C(C)C)(C(C)C)C1. The fourth-order valence-corrected chi connectivity index (χ4v) is 5.27. The van der Waals surface area contributed by atoms with Crippen molar-refractivity contribution in [3.63, 3.8) is 0 Å². The second kappa shape index (κ2) is 9.43. The zero-order chi connectivity index (χ0) is 23.8. The van der Waals surface area contributed by atoms with E-state index in [1.54, 1.807) is 0 Å². The predicted octanol–water partition coefficient (Wildman–Crippen LogP) is 8.84. The van der Waals surface area contributed by atoms with Gasteiger partial charge in [-0.25, -0.2) is 4.48 Å². The Morgan fingerprint density at radius 2 is 1.03 bits per heavy atom. The molecule has 0 amide bonds. The molecular weight excluding hydrogens is 388 g/mol. The first-order valence-electron chi connectivity index (χ1n) is 12.6. The molecule has 2 heteroatoms. The van der Waals surface area contributed by atoms with Crippen molar-refractivity contribution < 1.29 is 0 Å². The summed E-state index contributed by atoms with van der Waals surface area (Å²) < 4.78 is 0.881. The summed E-state index contributed by atoms with van der Waals surface area (Å²) in [7, 11) is 0. The quantitative estimate of drug-likeness (QED) is 0.394. The number of quaternary nitrogens is 1. The average molecular weight is 434 g/mol. The summed E-state index contributed by atoms with van der Waals surface area (Å²) in [6.07, 6.45) is 4.84. The van der Waals surface area contributed by atoms with Crippen molar-refractivity contribution in [1.29, 1.82) is 0 Å². The molecule has 1 aliphatic rings. The molecule has 0 bridgehead atoms. The van der Waals surface area contributed by atoms with E-state index in [-0.39, 0.29) is 0 Å². The van der Waals surface area contributed by atoms with Crippen molar-refractivity contribution >= 4 is 11.4 Å². The number of benzene rings is 2. The molecule has 2 aromatic rings. The van der Waals surface area contributed by atoms with Gasteiger partial charge in [-0.1, -0.05) is 91.8 Å². The predicted molar refractivity (Wildman–Crippen MR) is 143 cm³/mol. The highest BCUT2D eigenvalue weighted by atomic mass is 15.5. The summed E-state index contributed by atoms with van der Waals surface area (Å²) in [5.41, 5.74) is 8.80. The summed E-state index contributed by atoms with van der Waals surface area (Å²) in [6, 6.07) is 14.3. The van der Waals surface area contributed by atoms with Gasteiger partial charge in [0.25, 0.3) is 0 Å². The molecule has 174 valence electrons. The van der Waals surface area contributed by atoms with Crippen LogP contribution in [0.1, 0.15) is 115 Å². The molecular formula is C30H45N2+. The Hall–Kier alpha value is -2.06. The van der Waals surface area contributed by atoms with Crippen LogP contribution in [0.2, 0.25) is 0 Å². The number of hydrogen-bond acceptors (Lipinski definition) is 1. The maximum absolute atomic E-state index is 2.55. The van der Waals surface area contributed by atoms with E-state index in [9.17, 15) is 0 Å². The van der Waals surface area contributed by atoms with E-state index >= 15 is 0 Å². The Kier molecular flexibility index (Phi) is 7.25. The van der Waals surface area contributed by atoms with Gasteiger partial charge < -0.3 is 0 Å². The third-order valence-corrected chi connectivity index (χ3v) is 7.21. The highest BCUT2D eigenvalue weighted by Gasteiger charge is 2.43. The first-order chi connectivity index (χ1) is 15.0. The van der Waals surface area contributed by atoms with E-state index in [0.29, 0.717) is 29.7 Å². The first kappa shape index (κ1) is 24.6. The molecule has 1 aliphatic heterocycles. The van der Waals surface area contributed by atoms with Gasteiger partial charge in [-0.05, 0) is 48.6 Å². The second-order valence-corrected chi connectivity index (χ2v) is 11.1. The Morgan fingerprint density at radius 1 is 0.625 bits per heavy atom. The van der Waals surface area contributed by atoms with E-state index in [1.807, 2.05) is 0 Å². The lowest BCUT2D eigenvalue weighted by Gasteiger charge is -2.40. The number of anilines is 1. The van der Waals surface area contributed by atoms with E-state index in [0.717, 1.165) is 11.2 Å². The molecule has 0 saturated carbocycles. The largest absolute Gasteiger partial charge is 0.294 e. The number of nitrogens with zero attached hydrogens (tertiary/aromatic N) is 2. The molecule has 1 unspecified atom stereocenters. The van der Waals surface area contributed by atoms with Crippen LogP contribution in [0.15, 0.2) is 48.8 Å². The van der Waals surface area contributed by atoms with Gasteiger partial charge in [0, 0.05) is 11.1 Å². The van der Waals surface area contributed by atoms with Gasteiger partial charge in [0.05, 0.1) is 17.9 Å². The molecule has 3 rings (SSSR count). The van der Waals surface area contributed by atoms with Crippen LogP contribution in [-0.2, 0) is 0 Å². The third-order valence-electron chi connectivity index (χ3n) is 7.21. The molecule has 0 fully saturated rings. The lowest BCUT2D eigenvalue weighted by Crippen LogP contribution is -2.52. The zero-order valence-corrected chi connectivity index (χ0v) is 22.1. The van der Waals surface area contributed by atoms with Crippen molar-refractivity contribution in [1.82, 2.24) is 4.48 Å². The molecule has 1 atom stereocenters. The van der Waals surface area contributed by atoms with Crippen LogP contribution in [0.5, 0.6) is 0 Å². The number of rotatable bonds is 7. The Bertz CT molecular complexity index is 912. The molecule has 0 radical (unpaired) electrons. The summed E-state index contributed by atoms with van der Waals surface area (Å²) in [5.74, 6) is 1.98. The van der Waals surface area contributed by atoms with Crippen LogP contribution in [0.3, 0.4) is 0 Å². The summed E-state index contributed by atoms with van der Waals surface area (Å²) in [5, 5.41) is 0. The maximum Gasteiger partial charge on any atom is 0.167 e. The fourth-order valence-electron chi connectivity index (χ4n) is 5.27. The minimum Gasteiger partial charge on any atom is -0.294 e. The van der Waals surface area contributed by atoms with Crippen LogP contribution in [-0.4, -0.2) is 12.7 Å². The van der Waals surface area contributed by atoms with E-state index in [4.69, 9.17) is 0 Å². The third kappa shape index (κ3) is 4.27. The minimum absolute atomic E-state index is 0.447. The smallest absolute Gasteiger partial charge is 0.167 e. The number of para-hydroxylation sites is 2. The summed E-state index contributed by atoms with van der Waals surface area (Å²) in [6.45, 7) is 24.3. The van der Waals surface area contributed by atoms with Crippen molar-refractivity contribution in [2.75, 3.05) is 11.6 Å². The molecule has 1 heterocycles. The molecule has 32 heavy (non-hydrogen) atoms. The molecule has 0 saturated heterocycles. The lowest BCUT2D eigenvalue weighted by molar-refractivity contribution is 0.324. The van der Waals surface area contributed by atoms with Gasteiger partial charge in [-0.2, -0.15) is 0 Å². The van der Waals surface area contributed by atoms with E-state index in [2.05, 4.69) is 123 Å². The summed E-state index contributed by atoms with van der Waals surface area (Å²) in [4.78, 5) is 2.55. The number of hydrogen-bond donors (Lipinski definition) is 0. The topological polar surface area (TPSA) is 3.24 Å². The molecule has 0 spiro atoms. The van der Waals surface area contributed by atoms with Crippen LogP contribution >= 0.6 is 0 Å². The Morgan fingerprint density at radius 3 is 1.41 bits per heavy atom. The van der Waals surface area contributed by atoms with Crippen LogP contribution < -0.4 is 9.38 Å². The van der Waals surface area contributed by atoms with Crippen molar-refractivity contribution in [2.24, 2.45) is 0 Å². The van der Waals surface area contributed by atoms with Crippen molar-refractivity contribution in [3.8, 4) is 0 Å². The van der Waals surface area contributed by atoms with Gasteiger partial charge >= 0.3 is 0 Å². The first-order valence-corrected chi connectivity index (χ1v) is 12.6. The van der Waals surface area contributed by atoms with Crippen LogP contribution in [0, 0.1) is 0 Å². The van der Waals surface area contributed by atoms with Crippen LogP contribution in [0.4, 0.5) is 11.4 Å². The normalized spacial score (nSPS) is 18.9. The highest BCUT2D eigenvalue weighted by molar-refractivity contribution is 5.69. The van der Waals surface area contributed by atoms with Gasteiger partial charge in [0.1, 0.15) is 11.9 Å². The molecule has 2 aromatic carbocycles. The molecule has 0 aromatic heterocycles. The standard InChI is InChI=1S/C30H45N2/c1-20(2)25-13-11-14-26(21(3)4)29(25)31-17-18-32(19-31,24(9)10)30-27(22(5)6)15-12-16-28(30)23(7)8/h11-18,20-24H,19H2,1-10H3/q+1. The second-order valence-electron chi connectivity index (χ2n) is 11.1. The van der Waals surface area contributed by atoms with E-state index < -0.39 is 0 Å².